The molecule has 0 aliphatic carbocycles. The molecule has 21 nitrogen and oxygen atoms in total. The first-order valence-electron chi connectivity index (χ1n) is 28.7. The lowest BCUT2D eigenvalue weighted by atomic mass is 10.1. The number of nitrogens with one attached hydrogen (secondary N) is 3. The van der Waals surface area contributed by atoms with Crippen LogP contribution in [0.4, 0.5) is 39.8 Å². The van der Waals surface area contributed by atoms with Crippen molar-refractivity contribution in [2.45, 2.75) is 39.3 Å². The Morgan fingerprint density at radius 1 is 0.464 bits per heavy atom. The molecule has 5 aromatic carbocycles. The molecule has 3 aliphatic rings. The van der Waals surface area contributed by atoms with E-state index in [1.54, 1.807) is 116 Å². The second-order valence-electron chi connectivity index (χ2n) is 21.2. The highest BCUT2D eigenvalue weighted by Crippen LogP contribution is 2.61. The zero-order valence-corrected chi connectivity index (χ0v) is 53.6. The number of rotatable bonds is 6. The van der Waals surface area contributed by atoms with Gasteiger partial charge >= 0.3 is 5.20 Å². The lowest BCUT2D eigenvalue weighted by Crippen LogP contribution is -2.18. The Kier molecular flexibility index (Phi) is 19.9. The third-order valence-corrected chi connectivity index (χ3v) is 14.8. The summed E-state index contributed by atoms with van der Waals surface area (Å²) in [6.45, 7) is 3.53. The maximum Gasteiger partial charge on any atom is 0.339 e. The molecule has 0 bridgehead atoms. The Bertz CT molecular complexity index is 5330. The highest BCUT2D eigenvalue weighted by Gasteiger charge is 2.25. The maximum absolute atomic E-state index is 14.2. The van der Waals surface area contributed by atoms with Gasteiger partial charge in [0.2, 0.25) is 17.8 Å². The zero-order chi connectivity index (χ0) is 67.7. The summed E-state index contributed by atoms with van der Waals surface area (Å²) in [6.07, 6.45) is 17.8. The molecule has 31 heteroatoms. The third kappa shape index (κ3) is 16.7. The molecule has 3 N–H and O–H groups in total. The van der Waals surface area contributed by atoms with Gasteiger partial charge in [0.1, 0.15) is 68.0 Å². The molecule has 0 amide bonds. The number of benzene rings is 5. The SMILES string of the molecule is C#Cc1cc(F)c2[nH]ncc2c1.Fc1ccc2c(c1)CN(c1nccc(-c3nccc(C#Cc4cc(F)c5[nH]ncc5c4)n3)n1)C2.Fc1ccc2c(c1)CN(c1nccc(-c3nccc(Cl)n3)n1)C2.O=P(Cl)(Cl)Cl.O=c1ccnc(-c2ccnc(N3Cc4ccc(F)cc4C3)n2)[nH]1. The van der Waals surface area contributed by atoms with Gasteiger partial charge in [-0.15, -0.1) is 6.42 Å². The number of terminal acetylenes is 1. The van der Waals surface area contributed by atoms with Gasteiger partial charge in [0.05, 0.1) is 12.4 Å². The number of H-pyrrole nitrogens is 3. The molecule has 0 fully saturated rings. The Balaban J connectivity index is 0.000000126. The quantitative estimate of drug-likeness (QED) is 0.0605. The summed E-state index contributed by atoms with van der Waals surface area (Å²) in [4.78, 5) is 67.8. The number of hydrogen-bond acceptors (Lipinski definition) is 18. The minimum Gasteiger partial charge on any atom is -0.332 e. The van der Waals surface area contributed by atoms with Crippen molar-refractivity contribution in [3.63, 3.8) is 0 Å². The number of anilines is 3. The van der Waals surface area contributed by atoms with Gasteiger partial charge in [-0.25, -0.2) is 76.8 Å². The Hall–Kier alpha value is -11.1. The fourth-order valence-electron chi connectivity index (χ4n) is 10.2. The molecule has 97 heavy (non-hydrogen) atoms. The van der Waals surface area contributed by atoms with Crippen LogP contribution in [0.1, 0.15) is 50.2 Å². The first kappa shape index (κ1) is 65.9. The summed E-state index contributed by atoms with van der Waals surface area (Å²) in [5.41, 5.74) is 9.71. The number of halogens is 9. The minimum absolute atomic E-state index is 0.229. The van der Waals surface area contributed by atoms with E-state index < -0.39 is 11.0 Å². The molecular weight excluding hydrogens is 1360 g/mol. The normalized spacial score (nSPS) is 12.5. The van der Waals surface area contributed by atoms with Crippen LogP contribution in [0.25, 0.3) is 56.4 Å². The molecule has 8 aromatic heterocycles. The fourth-order valence-corrected chi connectivity index (χ4v) is 10.4. The minimum atomic E-state index is -3.22. The van der Waals surface area contributed by atoms with E-state index in [-0.39, 0.29) is 28.8 Å². The second-order valence-corrected chi connectivity index (χ2v) is 28.2. The van der Waals surface area contributed by atoms with Gasteiger partial charge in [-0.1, -0.05) is 41.6 Å². The molecule has 3 aliphatic heterocycles. The molecule has 482 valence electrons. The van der Waals surface area contributed by atoms with Crippen molar-refractivity contribution < 1.29 is 26.5 Å². The molecule has 0 unspecified atom stereocenters. The van der Waals surface area contributed by atoms with Gasteiger partial charge in [-0.05, 0) is 164 Å². The van der Waals surface area contributed by atoms with E-state index in [0.717, 1.165) is 33.4 Å². The van der Waals surface area contributed by atoms with Crippen molar-refractivity contribution in [3.05, 3.63) is 260 Å². The topological polar surface area (TPSA) is 259 Å². The van der Waals surface area contributed by atoms with E-state index in [1.807, 2.05) is 14.7 Å². The summed E-state index contributed by atoms with van der Waals surface area (Å²) in [5, 5.41) is 11.2. The fraction of sp³-hybridized carbons (Fsp3) is 0.0909. The Labute approximate surface area is 566 Å². The second kappa shape index (κ2) is 29.3. The van der Waals surface area contributed by atoms with E-state index in [1.165, 1.54) is 48.7 Å². The van der Waals surface area contributed by atoms with Crippen molar-refractivity contribution in [2.75, 3.05) is 14.7 Å². The lowest BCUT2D eigenvalue weighted by molar-refractivity contribution is 0.600. The van der Waals surface area contributed by atoms with Crippen molar-refractivity contribution in [1.82, 2.24) is 80.2 Å². The Morgan fingerprint density at radius 3 is 1.37 bits per heavy atom. The zero-order valence-electron chi connectivity index (χ0n) is 49.7. The summed E-state index contributed by atoms with van der Waals surface area (Å²) in [7, 11) is 0. The largest absolute Gasteiger partial charge is 0.339 e. The number of aromatic amines is 3. The first-order chi connectivity index (χ1) is 46.8. The van der Waals surface area contributed by atoms with Crippen molar-refractivity contribution >= 4 is 90.2 Å². The van der Waals surface area contributed by atoms with Crippen LogP contribution in [-0.4, -0.2) is 80.2 Å². The average Bonchev–Trinajstić information content (AvgIpc) is 1.71. The van der Waals surface area contributed by atoms with Crippen LogP contribution >= 0.6 is 50.5 Å². The highest BCUT2D eigenvalue weighted by molar-refractivity contribution is 8.24. The van der Waals surface area contributed by atoms with Gasteiger partial charge in [-0.3, -0.25) is 19.6 Å². The van der Waals surface area contributed by atoms with E-state index in [2.05, 4.69) is 132 Å². The number of aromatic nitrogens is 16. The van der Waals surface area contributed by atoms with E-state index in [9.17, 15) is 31.3 Å². The van der Waals surface area contributed by atoms with Crippen LogP contribution in [0, 0.1) is 53.3 Å². The molecule has 0 radical (unpaired) electrons. The summed E-state index contributed by atoms with van der Waals surface area (Å²) < 4.78 is 77.0. The highest BCUT2D eigenvalue weighted by atomic mass is 36.0. The molecule has 13 aromatic rings. The monoisotopic (exact) mass is 1400 g/mol. The van der Waals surface area contributed by atoms with Gasteiger partial charge in [0.25, 0.3) is 5.56 Å². The molecule has 0 atom stereocenters. The Morgan fingerprint density at radius 2 is 0.887 bits per heavy atom. The van der Waals surface area contributed by atoms with Gasteiger partial charge < -0.3 is 19.7 Å². The first-order valence-corrected chi connectivity index (χ1v) is 33.5. The van der Waals surface area contributed by atoms with Crippen LogP contribution in [0.5, 0.6) is 0 Å². The number of nitrogens with zero attached hydrogens (tertiary/aromatic N) is 16. The van der Waals surface area contributed by atoms with Crippen LogP contribution in [-0.2, 0) is 43.8 Å². The van der Waals surface area contributed by atoms with Gasteiger partial charge in [0.15, 0.2) is 17.5 Å². The molecule has 11 heterocycles. The number of fused-ring (bicyclic) bond motifs is 5. The van der Waals surface area contributed by atoms with Gasteiger partial charge in [0, 0.05) is 104 Å². The third-order valence-electron chi connectivity index (χ3n) is 14.6. The van der Waals surface area contributed by atoms with E-state index in [0.29, 0.717) is 135 Å². The van der Waals surface area contributed by atoms with Crippen LogP contribution in [0.15, 0.2) is 170 Å². The van der Waals surface area contributed by atoms with Gasteiger partial charge in [-0.2, -0.15) is 10.2 Å². The molecule has 0 saturated carbocycles. The van der Waals surface area contributed by atoms with Crippen molar-refractivity contribution in [3.8, 4) is 58.7 Å². The molecule has 0 saturated heterocycles. The average molecular weight is 1400 g/mol. The van der Waals surface area contributed by atoms with E-state index in [4.69, 9.17) is 18.0 Å². The molecule has 16 rings (SSSR count). The van der Waals surface area contributed by atoms with Crippen molar-refractivity contribution in [1.29, 1.82) is 0 Å². The molecular formula is C66H43Cl4F5N19O2P. The lowest BCUT2D eigenvalue weighted by Gasteiger charge is -2.15. The predicted octanol–water partition coefficient (Wildman–Crippen LogP) is 13.6. The van der Waals surface area contributed by atoms with Crippen molar-refractivity contribution in [2.24, 2.45) is 0 Å². The van der Waals surface area contributed by atoms with Crippen LogP contribution in [0.3, 0.4) is 0 Å². The predicted molar refractivity (Wildman–Crippen MR) is 357 cm³/mol. The van der Waals surface area contributed by atoms with Crippen LogP contribution in [0.2, 0.25) is 5.15 Å². The van der Waals surface area contributed by atoms with E-state index >= 15 is 0 Å². The number of hydrogen-bond donors (Lipinski definition) is 3. The molecule has 0 spiro atoms. The van der Waals surface area contributed by atoms with Crippen LogP contribution < -0.4 is 20.3 Å². The smallest absolute Gasteiger partial charge is 0.332 e. The maximum atomic E-state index is 14.2. The summed E-state index contributed by atoms with van der Waals surface area (Å²) in [5.74, 6) is 9.58. The summed E-state index contributed by atoms with van der Waals surface area (Å²) in [6, 6.07) is 30.3. The summed E-state index contributed by atoms with van der Waals surface area (Å²) >= 11 is 19.7. The standard InChI is InChI=1S/C25H15F2N7.C16H11ClFN5.C16H12FN5O.C9H5FN2.Cl3OP/c26-19-3-2-16-13-34(14-18(16)11-19)25-29-8-6-22(32-25)24-28-7-5-20(31-24)4-1-15-9-17-12-30-33-23(17)21(27)10-15;17-14-4-6-19-15(22-14)13-3-5-20-16(21-13)23-8-10-1-2-12(18)7-11(10)9-23;17-12-2-1-10-8-22(9-11(10)7-12)16-19-5-3-13(20-16)15-18-6-4-14(23)21-15;1-2-6-3-7-5-11-12-9(7)8(10)4-6;1-5(2,3)4/h2-3,5-12H,13-14H2,(H,30,33);1-7H,8-9H2;1-7H,8-9H2,(H,18,21,23);1,3-5H,(H,11,12);.